The van der Waals surface area contributed by atoms with E-state index in [4.69, 9.17) is 16.3 Å². The van der Waals surface area contributed by atoms with Crippen LogP contribution in [0.5, 0.6) is 5.75 Å². The van der Waals surface area contributed by atoms with Crippen molar-refractivity contribution in [2.24, 2.45) is 0 Å². The van der Waals surface area contributed by atoms with Gasteiger partial charge in [0.1, 0.15) is 17.7 Å². The molecule has 3 aromatic carbocycles. The summed E-state index contributed by atoms with van der Waals surface area (Å²) in [5.41, 5.74) is 1.04. The van der Waals surface area contributed by atoms with Crippen LogP contribution in [0.2, 0.25) is 5.02 Å². The summed E-state index contributed by atoms with van der Waals surface area (Å²) in [6.45, 7) is 1.79. The summed E-state index contributed by atoms with van der Waals surface area (Å²) in [7, 11) is 0. The number of ether oxygens (including phenoxy) is 1. The van der Waals surface area contributed by atoms with Crippen molar-refractivity contribution in [3.05, 3.63) is 76.6 Å². The van der Waals surface area contributed by atoms with E-state index in [0.717, 1.165) is 37.7 Å². The summed E-state index contributed by atoms with van der Waals surface area (Å²) >= 11 is 6.34. The van der Waals surface area contributed by atoms with Gasteiger partial charge in [-0.25, -0.2) is 4.39 Å². The number of likely N-dealkylation sites (tertiary alicyclic amines) is 1. The molecule has 2 aliphatic rings. The van der Waals surface area contributed by atoms with Gasteiger partial charge in [0.2, 0.25) is 0 Å². The van der Waals surface area contributed by atoms with E-state index in [1.165, 1.54) is 12.1 Å². The van der Waals surface area contributed by atoms with Gasteiger partial charge in [0.05, 0.1) is 17.2 Å². The number of hydrogen-bond donors (Lipinski definition) is 2. The second-order valence-electron chi connectivity index (χ2n) is 10.2. The summed E-state index contributed by atoms with van der Waals surface area (Å²) in [6.07, 6.45) is 1.11. The summed E-state index contributed by atoms with van der Waals surface area (Å²) in [5, 5.41) is 15.2. The number of amides is 1. The van der Waals surface area contributed by atoms with Crippen molar-refractivity contribution in [3.63, 3.8) is 0 Å². The first kappa shape index (κ1) is 26.8. The Labute approximate surface area is 224 Å². The van der Waals surface area contributed by atoms with Crippen LogP contribution in [-0.2, 0) is 11.2 Å². The van der Waals surface area contributed by atoms with E-state index in [1.807, 2.05) is 4.90 Å². The first-order chi connectivity index (χ1) is 18.2. The molecule has 2 atom stereocenters. The topological polar surface area (TPSA) is 61.8 Å². The third kappa shape index (κ3) is 6.42. The molecular weight excluding hydrogens is 517 g/mol. The van der Waals surface area contributed by atoms with E-state index in [0.29, 0.717) is 27.3 Å². The van der Waals surface area contributed by atoms with Crippen molar-refractivity contribution < 1.29 is 27.8 Å². The Kier molecular flexibility index (Phi) is 7.84. The lowest BCUT2D eigenvalue weighted by Crippen LogP contribution is -2.54. The SMILES string of the molecule is O=C(N[C@H](CN1CCC1)[C@H](O)c1ccc(OC2CC2)c(Cl)c1)C(F)(F)CCc1ccc2cc(F)ccc2c1. The molecule has 1 saturated heterocycles. The minimum Gasteiger partial charge on any atom is -0.489 e. The first-order valence-electron chi connectivity index (χ1n) is 12.9. The largest absolute Gasteiger partial charge is 0.489 e. The summed E-state index contributed by atoms with van der Waals surface area (Å²) in [4.78, 5) is 14.7. The number of rotatable bonds is 11. The van der Waals surface area contributed by atoms with Crippen molar-refractivity contribution in [2.75, 3.05) is 19.6 Å². The van der Waals surface area contributed by atoms with Gasteiger partial charge in [-0.05, 0) is 84.9 Å². The Hall–Kier alpha value is -2.81. The predicted octanol–water partition coefficient (Wildman–Crippen LogP) is 5.67. The summed E-state index contributed by atoms with van der Waals surface area (Å²) in [5.74, 6) is -4.93. The number of alkyl halides is 2. The summed E-state index contributed by atoms with van der Waals surface area (Å²) < 4.78 is 49.1. The number of benzene rings is 3. The van der Waals surface area contributed by atoms with Crippen LogP contribution in [0.15, 0.2) is 54.6 Å². The van der Waals surface area contributed by atoms with Crippen LogP contribution in [0, 0.1) is 5.82 Å². The maximum absolute atomic E-state index is 15.0. The van der Waals surface area contributed by atoms with Crippen LogP contribution in [0.1, 0.15) is 42.9 Å². The molecule has 5 rings (SSSR count). The highest BCUT2D eigenvalue weighted by atomic mass is 35.5. The quantitative estimate of drug-likeness (QED) is 0.325. The minimum atomic E-state index is -3.65. The molecule has 1 saturated carbocycles. The zero-order chi connectivity index (χ0) is 26.9. The normalized spacial score (nSPS) is 17.6. The highest BCUT2D eigenvalue weighted by molar-refractivity contribution is 6.32. The molecule has 1 heterocycles. The fourth-order valence-electron chi connectivity index (χ4n) is 4.57. The zero-order valence-electron chi connectivity index (χ0n) is 20.8. The summed E-state index contributed by atoms with van der Waals surface area (Å²) in [6, 6.07) is 13.3. The van der Waals surface area contributed by atoms with Crippen molar-refractivity contribution in [1.82, 2.24) is 10.2 Å². The standard InChI is InChI=1S/C29H30ClF3N2O3/c30-24-16-21(5-9-26(24)38-23-7-8-23)27(36)25(17-35-12-1-13-35)34-28(37)29(32,33)11-10-18-2-3-20-15-22(31)6-4-19(20)14-18/h2-6,9,14-16,23,25,27,36H,1,7-8,10-13,17H2,(H,34,37)/t25-,27-/m1/s1. The number of hydrogen-bond acceptors (Lipinski definition) is 4. The number of nitrogens with one attached hydrogen (secondary N) is 1. The van der Waals surface area contributed by atoms with Gasteiger partial charge in [0.15, 0.2) is 0 Å². The molecule has 2 fully saturated rings. The fraction of sp³-hybridized carbons (Fsp3) is 0.414. The molecule has 9 heteroatoms. The van der Waals surface area contributed by atoms with Crippen molar-refractivity contribution in [3.8, 4) is 5.75 Å². The van der Waals surface area contributed by atoms with E-state index in [1.54, 1.807) is 42.5 Å². The van der Waals surface area contributed by atoms with Crippen LogP contribution >= 0.6 is 11.6 Å². The van der Waals surface area contributed by atoms with Gasteiger partial charge >= 0.3 is 5.92 Å². The maximum Gasteiger partial charge on any atom is 0.324 e. The fourth-order valence-corrected chi connectivity index (χ4v) is 4.81. The molecular formula is C29H30ClF3N2O3. The number of carbonyl (C=O) groups excluding carboxylic acids is 1. The lowest BCUT2D eigenvalue weighted by molar-refractivity contribution is -0.148. The van der Waals surface area contributed by atoms with Crippen molar-refractivity contribution in [1.29, 1.82) is 0 Å². The number of aliphatic hydroxyl groups excluding tert-OH is 1. The van der Waals surface area contributed by atoms with Gasteiger partial charge in [0.25, 0.3) is 5.91 Å². The smallest absolute Gasteiger partial charge is 0.324 e. The van der Waals surface area contributed by atoms with E-state index in [2.05, 4.69) is 5.32 Å². The van der Waals surface area contributed by atoms with Crippen LogP contribution in [0.25, 0.3) is 10.8 Å². The van der Waals surface area contributed by atoms with E-state index < -0.39 is 30.4 Å². The molecule has 5 nitrogen and oxygen atoms in total. The molecule has 1 aliphatic carbocycles. The van der Waals surface area contributed by atoms with Crippen LogP contribution < -0.4 is 10.1 Å². The molecule has 0 aromatic heterocycles. The van der Waals surface area contributed by atoms with Crippen LogP contribution in [0.4, 0.5) is 13.2 Å². The lowest BCUT2D eigenvalue weighted by atomic mass is 9.99. The highest BCUT2D eigenvalue weighted by Crippen LogP contribution is 2.34. The van der Waals surface area contributed by atoms with E-state index in [9.17, 15) is 23.1 Å². The molecule has 0 radical (unpaired) electrons. The number of aryl methyl sites for hydroxylation is 1. The Balaban J connectivity index is 1.25. The lowest BCUT2D eigenvalue weighted by Gasteiger charge is -2.36. The molecule has 38 heavy (non-hydrogen) atoms. The molecule has 202 valence electrons. The molecule has 1 amide bonds. The Morgan fingerprint density at radius 3 is 2.53 bits per heavy atom. The molecule has 0 spiro atoms. The van der Waals surface area contributed by atoms with Crippen molar-refractivity contribution >= 4 is 28.3 Å². The highest BCUT2D eigenvalue weighted by Gasteiger charge is 2.41. The molecule has 2 N–H and O–H groups in total. The van der Waals surface area contributed by atoms with Crippen LogP contribution in [0.3, 0.4) is 0 Å². The Morgan fingerprint density at radius 1 is 1.11 bits per heavy atom. The van der Waals surface area contributed by atoms with Gasteiger partial charge in [-0.2, -0.15) is 8.78 Å². The van der Waals surface area contributed by atoms with Crippen LogP contribution in [-0.4, -0.2) is 53.6 Å². The van der Waals surface area contributed by atoms with Crippen molar-refractivity contribution in [2.45, 2.75) is 56.3 Å². The van der Waals surface area contributed by atoms with Gasteiger partial charge in [-0.3, -0.25) is 4.79 Å². The molecule has 1 aliphatic heterocycles. The number of fused-ring (bicyclic) bond motifs is 1. The van der Waals surface area contributed by atoms with Gasteiger partial charge in [0, 0.05) is 13.0 Å². The van der Waals surface area contributed by atoms with E-state index in [-0.39, 0.29) is 24.9 Å². The maximum atomic E-state index is 15.0. The second-order valence-corrected chi connectivity index (χ2v) is 10.6. The first-order valence-corrected chi connectivity index (χ1v) is 13.3. The minimum absolute atomic E-state index is 0.0366. The van der Waals surface area contributed by atoms with Gasteiger partial charge in [-0.1, -0.05) is 41.9 Å². The number of carbonyl (C=O) groups is 1. The zero-order valence-corrected chi connectivity index (χ0v) is 21.6. The van der Waals surface area contributed by atoms with Gasteiger partial charge in [-0.15, -0.1) is 0 Å². The predicted molar refractivity (Wildman–Crippen MR) is 140 cm³/mol. The number of halogens is 4. The molecule has 0 unspecified atom stereocenters. The number of nitrogens with zero attached hydrogens (tertiary/aromatic N) is 1. The monoisotopic (exact) mass is 546 g/mol. The Morgan fingerprint density at radius 2 is 1.84 bits per heavy atom. The average Bonchev–Trinajstić information content (AvgIpc) is 3.69. The van der Waals surface area contributed by atoms with Gasteiger partial charge < -0.3 is 20.1 Å². The number of aliphatic hydroxyl groups is 1. The molecule has 3 aromatic rings. The van der Waals surface area contributed by atoms with E-state index >= 15 is 0 Å². The average molecular weight is 547 g/mol. The second kappa shape index (κ2) is 11.1. The molecule has 0 bridgehead atoms. The third-order valence-corrected chi connectivity index (χ3v) is 7.44. The Bertz CT molecular complexity index is 1310. The third-order valence-electron chi connectivity index (χ3n) is 7.14.